The molecule has 1 N–H and O–H groups in total. The Hall–Kier alpha value is 0.490. The van der Waals surface area contributed by atoms with Crippen LogP contribution in [-0.2, 0) is 4.79 Å². The molecule has 0 aromatic carbocycles. The van der Waals surface area contributed by atoms with Gasteiger partial charge in [0.1, 0.15) is 0 Å². The molecule has 0 aliphatic heterocycles. The van der Waals surface area contributed by atoms with E-state index in [1.54, 1.807) is 21.5 Å². The van der Waals surface area contributed by atoms with Crippen LogP contribution in [0.15, 0.2) is 0 Å². The average molecular weight is 222 g/mol. The van der Waals surface area contributed by atoms with Gasteiger partial charge in [0, 0.05) is 28.4 Å². The molecule has 0 amide bonds. The first kappa shape index (κ1) is 9.70. The van der Waals surface area contributed by atoms with E-state index in [-0.39, 0.29) is 0 Å². The van der Waals surface area contributed by atoms with E-state index in [1.807, 2.05) is 0 Å². The zero-order chi connectivity index (χ0) is 5.58. The fourth-order valence-corrected chi connectivity index (χ4v) is 0. The monoisotopic (exact) mass is 222 g/mol. The third-order valence-corrected chi connectivity index (χ3v) is 0. The molecule has 0 aliphatic rings. The molecule has 0 fully saturated rings. The highest BCUT2D eigenvalue weighted by Gasteiger charge is 1.65. The van der Waals surface area contributed by atoms with E-state index >= 15 is 0 Å². The first-order chi connectivity index (χ1) is 2.73. The lowest BCUT2D eigenvalue weighted by Gasteiger charge is -1.59. The summed E-state index contributed by atoms with van der Waals surface area (Å²) < 4.78 is 0. The highest BCUT2D eigenvalue weighted by molar-refractivity contribution is 14.1. The van der Waals surface area contributed by atoms with E-state index in [2.05, 4.69) is 8.91 Å². The van der Waals surface area contributed by atoms with E-state index in [0.717, 1.165) is 6.92 Å². The number of carboxylic acid groups (broad SMARTS) is 1. The molecule has 4 heteroatoms. The third-order valence-electron chi connectivity index (χ3n) is 0. The van der Waals surface area contributed by atoms with Crippen LogP contribution in [0, 0.1) is 0 Å². The molecule has 0 radical (unpaired) electrons. The van der Waals surface area contributed by atoms with Gasteiger partial charge in [0.05, 0.1) is 0 Å². The number of hydrogen-bond donors (Lipinski definition) is 1. The van der Waals surface area contributed by atoms with Crippen molar-refractivity contribution >= 4 is 36.3 Å². The van der Waals surface area contributed by atoms with Crippen LogP contribution >= 0.6 is 30.4 Å². The quantitative estimate of drug-likeness (QED) is 0.633. The topological polar surface area (TPSA) is 37.3 Å². The summed E-state index contributed by atoms with van der Waals surface area (Å²) in [6.07, 6.45) is 0. The maximum Gasteiger partial charge on any atom is 0.300 e. The first-order valence-corrected chi connectivity index (χ1v) is 3.80. The minimum absolute atomic E-state index is 0.833. The van der Waals surface area contributed by atoms with Crippen molar-refractivity contribution in [2.45, 2.75) is 6.92 Å². The molecule has 0 aromatic rings. The molecule has 0 rings (SSSR count). The van der Waals surface area contributed by atoms with Crippen molar-refractivity contribution < 1.29 is 9.90 Å². The van der Waals surface area contributed by atoms with Crippen LogP contribution < -0.4 is 0 Å². The fourth-order valence-electron chi connectivity index (χ4n) is 0. The van der Waals surface area contributed by atoms with Crippen molar-refractivity contribution in [3.63, 3.8) is 0 Å². The fraction of sp³-hybridized carbons (Fsp3) is 0.500. The Kier molecular flexibility index (Phi) is 14.7. The zero-order valence-electron chi connectivity index (χ0n) is 3.11. The van der Waals surface area contributed by atoms with E-state index in [4.69, 9.17) is 9.90 Å². The van der Waals surface area contributed by atoms with Gasteiger partial charge < -0.3 is 5.11 Å². The molecular weight excluding hydrogens is 218 g/mol. The summed E-state index contributed by atoms with van der Waals surface area (Å²) in [7, 11) is 4.61. The van der Waals surface area contributed by atoms with E-state index in [1.165, 1.54) is 0 Å². The van der Waals surface area contributed by atoms with Crippen LogP contribution in [-0.4, -0.2) is 11.1 Å². The lowest BCUT2D eigenvalue weighted by Crippen LogP contribution is -1.78. The van der Waals surface area contributed by atoms with Gasteiger partial charge >= 0.3 is 0 Å². The van der Waals surface area contributed by atoms with Gasteiger partial charge in [-0.15, -0.1) is 0 Å². The SMILES string of the molecule is CC(=O)O.ClI. The van der Waals surface area contributed by atoms with Crippen LogP contribution in [0.3, 0.4) is 0 Å². The summed E-state index contributed by atoms with van der Waals surface area (Å²) in [4.78, 5) is 9.00. The molecule has 0 unspecified atom stereocenters. The lowest BCUT2D eigenvalue weighted by atomic mass is 10.9. The van der Waals surface area contributed by atoms with Crippen molar-refractivity contribution in [1.29, 1.82) is 0 Å². The van der Waals surface area contributed by atoms with Crippen molar-refractivity contribution in [2.24, 2.45) is 0 Å². The molecule has 0 heterocycles. The van der Waals surface area contributed by atoms with Crippen molar-refractivity contribution in [2.75, 3.05) is 0 Å². The maximum atomic E-state index is 9.00. The summed E-state index contributed by atoms with van der Waals surface area (Å²) in [6.45, 7) is 1.08. The number of halogens is 2. The van der Waals surface area contributed by atoms with E-state index in [9.17, 15) is 0 Å². The molecule has 6 heavy (non-hydrogen) atoms. The summed E-state index contributed by atoms with van der Waals surface area (Å²) in [5.74, 6) is -0.833. The first-order valence-electron chi connectivity index (χ1n) is 1.07. The van der Waals surface area contributed by atoms with Crippen LogP contribution in [0.2, 0.25) is 0 Å². The minimum Gasteiger partial charge on any atom is -0.481 e. The average Bonchev–Trinajstić information content (AvgIpc) is 1.41. The van der Waals surface area contributed by atoms with E-state index in [0.29, 0.717) is 0 Å². The van der Waals surface area contributed by atoms with Crippen LogP contribution in [0.4, 0.5) is 0 Å². The lowest BCUT2D eigenvalue weighted by molar-refractivity contribution is -0.134. The van der Waals surface area contributed by atoms with Gasteiger partial charge in [-0.3, -0.25) is 4.79 Å². The Morgan fingerprint density at radius 1 is 1.83 bits per heavy atom. The van der Waals surface area contributed by atoms with Gasteiger partial charge in [0.2, 0.25) is 0 Å². The number of aliphatic carboxylic acids is 1. The molecule has 0 bridgehead atoms. The summed E-state index contributed by atoms with van der Waals surface area (Å²) >= 11 is 1.62. The van der Waals surface area contributed by atoms with Crippen LogP contribution in [0.5, 0.6) is 0 Å². The molecule has 0 aliphatic carbocycles. The third kappa shape index (κ3) is 228. The predicted octanol–water partition coefficient (Wildman–Crippen LogP) is 1.67. The Balaban J connectivity index is 0. The van der Waals surface area contributed by atoms with E-state index < -0.39 is 5.97 Å². The van der Waals surface area contributed by atoms with Crippen molar-refractivity contribution in [3.8, 4) is 0 Å². The molecule has 0 spiro atoms. The number of rotatable bonds is 0. The van der Waals surface area contributed by atoms with Crippen molar-refractivity contribution in [3.05, 3.63) is 0 Å². The maximum absolute atomic E-state index is 9.00. The molecule has 0 atom stereocenters. The predicted molar refractivity (Wildman–Crippen MR) is 33.2 cm³/mol. The van der Waals surface area contributed by atoms with Gasteiger partial charge in [-0.05, 0) is 8.91 Å². The molecule has 0 aromatic heterocycles. The Labute approximate surface area is 53.3 Å². The molecular formula is C2H4ClIO2. The van der Waals surface area contributed by atoms with Crippen LogP contribution in [0.25, 0.3) is 0 Å². The van der Waals surface area contributed by atoms with Gasteiger partial charge in [0.15, 0.2) is 0 Å². The summed E-state index contributed by atoms with van der Waals surface area (Å²) in [5, 5.41) is 7.42. The summed E-state index contributed by atoms with van der Waals surface area (Å²) in [5.41, 5.74) is 0. The van der Waals surface area contributed by atoms with Gasteiger partial charge in [0.25, 0.3) is 5.97 Å². The van der Waals surface area contributed by atoms with Gasteiger partial charge in [-0.1, -0.05) is 0 Å². The van der Waals surface area contributed by atoms with Gasteiger partial charge in [-0.2, -0.15) is 0 Å². The number of carboxylic acids is 1. The second-order valence-corrected chi connectivity index (χ2v) is 0.519. The smallest absolute Gasteiger partial charge is 0.300 e. The molecule has 38 valence electrons. The Bertz CT molecular complexity index is 34.5. The number of hydrogen-bond acceptors (Lipinski definition) is 1. The largest absolute Gasteiger partial charge is 0.481 e. The second-order valence-electron chi connectivity index (χ2n) is 0.519. The number of carbonyl (C=O) groups is 1. The summed E-state index contributed by atoms with van der Waals surface area (Å²) in [6, 6.07) is 0. The van der Waals surface area contributed by atoms with Crippen molar-refractivity contribution in [1.82, 2.24) is 0 Å². The normalized spacial score (nSPS) is 5.17. The van der Waals surface area contributed by atoms with Crippen LogP contribution in [0.1, 0.15) is 6.92 Å². The zero-order valence-corrected chi connectivity index (χ0v) is 6.02. The Morgan fingerprint density at radius 2 is 1.83 bits per heavy atom. The van der Waals surface area contributed by atoms with Gasteiger partial charge in [-0.25, -0.2) is 0 Å². The minimum atomic E-state index is -0.833. The molecule has 2 nitrogen and oxygen atoms in total. The molecule has 0 saturated heterocycles. The molecule has 0 saturated carbocycles. The highest BCUT2D eigenvalue weighted by Crippen LogP contribution is 1.79. The second kappa shape index (κ2) is 9.09. The highest BCUT2D eigenvalue weighted by atomic mass is 127. The standard InChI is InChI=1S/C2H4O2.ClI/c1-2(3)4;1-2/h1H3,(H,3,4);. The Morgan fingerprint density at radius 3 is 1.83 bits per heavy atom.